The Balaban J connectivity index is 4.93. The standard InChI is InChI=1S/C37H65Br3N6O13/c1-33(2,3)59-32(52)46-25(12-10-11-13-45-31(41)42)27(48)44-15-17-54-19-18-53-16-14-43-26(47)20-55-21-37(22-56-28(49)34(4,5)38,23-57-29(50)35(6,7)39)24-58-30(51)36(8,9)40/h25H,10-24H2,1-9H3,(H,43,47)(H,44,48)(H,46,52)(H4,41,42,45)/t25-/m0/s1. The van der Waals surface area contributed by atoms with Gasteiger partial charge in [-0.05, 0) is 81.6 Å². The van der Waals surface area contributed by atoms with Crippen LogP contribution in [0.4, 0.5) is 4.79 Å². The molecule has 0 unspecified atom stereocenters. The second-order valence-electron chi connectivity index (χ2n) is 16.0. The maximum absolute atomic E-state index is 12.8. The molecule has 1 atom stereocenters. The molecule has 0 heterocycles. The fourth-order valence-corrected chi connectivity index (χ4v) is 4.54. The first kappa shape index (κ1) is 56.2. The fourth-order valence-electron chi connectivity index (χ4n) is 4.20. The topological polar surface area (TPSA) is 265 Å². The second-order valence-corrected chi connectivity index (χ2v) is 22.0. The van der Waals surface area contributed by atoms with E-state index < -0.39 is 72.5 Å². The van der Waals surface area contributed by atoms with Crippen LogP contribution < -0.4 is 27.0 Å². The Labute approximate surface area is 372 Å². The summed E-state index contributed by atoms with van der Waals surface area (Å²) in [7, 11) is 0. The van der Waals surface area contributed by atoms with Crippen LogP contribution in [0.5, 0.6) is 0 Å². The lowest BCUT2D eigenvalue weighted by Gasteiger charge is -2.34. The number of carbonyl (C=O) groups is 6. The molecule has 0 aromatic rings. The number of carbonyl (C=O) groups excluding carboxylic acids is 6. The van der Waals surface area contributed by atoms with E-state index in [9.17, 15) is 28.8 Å². The highest BCUT2D eigenvalue weighted by molar-refractivity contribution is 9.10. The van der Waals surface area contributed by atoms with E-state index in [-0.39, 0.29) is 71.9 Å². The van der Waals surface area contributed by atoms with E-state index in [2.05, 4.69) is 69.1 Å². The van der Waals surface area contributed by atoms with Crippen molar-refractivity contribution in [2.24, 2.45) is 11.1 Å². The quantitative estimate of drug-likeness (QED) is 0.0157. The first-order valence-electron chi connectivity index (χ1n) is 19.0. The maximum Gasteiger partial charge on any atom is 0.408 e. The summed E-state index contributed by atoms with van der Waals surface area (Å²) in [6.45, 7) is 14.4. The van der Waals surface area contributed by atoms with Crippen molar-refractivity contribution in [2.75, 3.05) is 79.1 Å². The number of hydrogen-bond acceptors (Lipinski definition) is 14. The van der Waals surface area contributed by atoms with Gasteiger partial charge >= 0.3 is 24.0 Å². The van der Waals surface area contributed by atoms with Crippen LogP contribution in [0, 0.1) is 10.8 Å². The molecule has 0 fully saturated rings. The van der Waals surface area contributed by atoms with Gasteiger partial charge in [0.2, 0.25) is 11.8 Å². The van der Waals surface area contributed by atoms with E-state index in [0.29, 0.717) is 25.8 Å². The molecule has 0 aliphatic carbocycles. The summed E-state index contributed by atoms with van der Waals surface area (Å²) in [6, 6.07) is -0.835. The van der Waals surface area contributed by atoms with Crippen LogP contribution in [0.1, 0.15) is 81.6 Å². The number of halogens is 3. The van der Waals surface area contributed by atoms with Crippen LogP contribution in [0.2, 0.25) is 0 Å². The summed E-state index contributed by atoms with van der Waals surface area (Å²) in [5.74, 6) is -2.91. The zero-order chi connectivity index (χ0) is 45.5. The number of hydrogen-bond donors (Lipinski definition) is 6. The van der Waals surface area contributed by atoms with Crippen molar-refractivity contribution < 1.29 is 61.9 Å². The molecule has 0 aliphatic rings. The van der Waals surface area contributed by atoms with Gasteiger partial charge in [0.25, 0.3) is 0 Å². The number of ether oxygens (including phenoxy) is 7. The van der Waals surface area contributed by atoms with Gasteiger partial charge in [0.1, 0.15) is 51.0 Å². The van der Waals surface area contributed by atoms with E-state index in [1.807, 2.05) is 0 Å². The molecule has 0 saturated heterocycles. The highest BCUT2D eigenvalue weighted by atomic mass is 79.9. The van der Waals surface area contributed by atoms with E-state index in [4.69, 9.17) is 44.3 Å². The lowest BCUT2D eigenvalue weighted by molar-refractivity contribution is -0.170. The number of amides is 3. The molecule has 0 aromatic carbocycles. The average molecular weight is 1040 g/mol. The van der Waals surface area contributed by atoms with E-state index >= 15 is 0 Å². The minimum Gasteiger partial charge on any atom is -0.464 e. The molecule has 7 N–H and O–H groups in total. The number of unbranched alkanes of at least 4 members (excludes halogenated alkanes) is 1. The van der Waals surface area contributed by atoms with E-state index in [0.717, 1.165) is 0 Å². The normalized spacial score (nSPS) is 12.7. The van der Waals surface area contributed by atoms with Crippen molar-refractivity contribution in [2.45, 2.75) is 106 Å². The Hall–Kier alpha value is -2.79. The number of nitrogens with one attached hydrogen (secondary N) is 5. The van der Waals surface area contributed by atoms with Gasteiger partial charge in [0, 0.05) is 19.6 Å². The number of guanidine groups is 1. The van der Waals surface area contributed by atoms with Crippen molar-refractivity contribution in [1.82, 2.24) is 21.3 Å². The first-order valence-corrected chi connectivity index (χ1v) is 21.4. The highest BCUT2D eigenvalue weighted by Gasteiger charge is 2.41. The molecule has 0 spiro atoms. The summed E-state index contributed by atoms with van der Waals surface area (Å²) in [5.41, 5.74) is 3.18. The predicted molar refractivity (Wildman–Crippen MR) is 230 cm³/mol. The van der Waals surface area contributed by atoms with Crippen LogP contribution >= 0.6 is 47.8 Å². The van der Waals surface area contributed by atoms with E-state index in [1.54, 1.807) is 62.3 Å². The third kappa shape index (κ3) is 28.4. The second kappa shape index (κ2) is 27.2. The van der Waals surface area contributed by atoms with Gasteiger partial charge in [-0.25, -0.2) is 4.79 Å². The van der Waals surface area contributed by atoms with Crippen molar-refractivity contribution in [1.29, 1.82) is 5.41 Å². The molecule has 0 aromatic heterocycles. The number of nitrogens with two attached hydrogens (primary N) is 1. The van der Waals surface area contributed by atoms with Gasteiger partial charge in [-0.1, -0.05) is 47.8 Å². The van der Waals surface area contributed by atoms with E-state index in [1.165, 1.54) is 0 Å². The summed E-state index contributed by atoms with van der Waals surface area (Å²) in [5, 5.41) is 17.9. The van der Waals surface area contributed by atoms with Gasteiger partial charge in [-0.2, -0.15) is 0 Å². The number of alkyl halides is 3. The van der Waals surface area contributed by atoms with Crippen molar-refractivity contribution in [3.63, 3.8) is 0 Å². The Bertz CT molecular complexity index is 1290. The zero-order valence-corrected chi connectivity index (χ0v) is 40.5. The molecule has 0 saturated carbocycles. The minimum absolute atomic E-state index is 0.144. The molecular formula is C37H65Br3N6O13. The van der Waals surface area contributed by atoms with Crippen LogP contribution in [-0.4, -0.2) is 145 Å². The van der Waals surface area contributed by atoms with Crippen molar-refractivity contribution in [3.8, 4) is 0 Å². The van der Waals surface area contributed by atoms with Gasteiger partial charge < -0.3 is 60.2 Å². The van der Waals surface area contributed by atoms with Crippen LogP contribution in [0.3, 0.4) is 0 Å². The third-order valence-electron chi connectivity index (χ3n) is 7.35. The predicted octanol–water partition coefficient (Wildman–Crippen LogP) is 2.95. The average Bonchev–Trinajstić information content (AvgIpc) is 3.09. The van der Waals surface area contributed by atoms with Gasteiger partial charge in [-0.15, -0.1) is 0 Å². The summed E-state index contributed by atoms with van der Waals surface area (Å²) >= 11 is 9.76. The monoisotopic (exact) mass is 1040 g/mol. The SMILES string of the molecule is CC(C)(C)OC(=O)N[C@@H](CCCCNC(=N)N)C(=O)NCCOCCOCCNC(=O)COCC(COC(=O)C(C)(C)Br)(COC(=O)C(C)(C)Br)COC(=O)C(C)(C)Br. The summed E-state index contributed by atoms with van der Waals surface area (Å²) in [4.78, 5) is 75.7. The van der Waals surface area contributed by atoms with Crippen LogP contribution in [-0.2, 0) is 57.1 Å². The van der Waals surface area contributed by atoms with Gasteiger partial charge in [0.15, 0.2) is 5.96 Å². The van der Waals surface area contributed by atoms with Crippen molar-refractivity contribution >= 4 is 89.6 Å². The molecule has 0 rings (SSSR count). The van der Waals surface area contributed by atoms with Crippen molar-refractivity contribution in [3.05, 3.63) is 0 Å². The molecule has 59 heavy (non-hydrogen) atoms. The Morgan fingerprint density at radius 3 is 1.49 bits per heavy atom. The van der Waals surface area contributed by atoms with Crippen LogP contribution in [0.25, 0.3) is 0 Å². The number of rotatable bonds is 29. The molecule has 0 radical (unpaired) electrons. The van der Waals surface area contributed by atoms with Crippen LogP contribution in [0.15, 0.2) is 0 Å². The lowest BCUT2D eigenvalue weighted by atomic mass is 9.92. The van der Waals surface area contributed by atoms with Gasteiger partial charge in [-0.3, -0.25) is 29.4 Å². The molecule has 19 nitrogen and oxygen atoms in total. The zero-order valence-electron chi connectivity index (χ0n) is 35.7. The number of esters is 3. The largest absolute Gasteiger partial charge is 0.464 e. The molecule has 0 bridgehead atoms. The molecule has 0 aliphatic heterocycles. The third-order valence-corrected chi connectivity index (χ3v) is 8.33. The lowest BCUT2D eigenvalue weighted by Crippen LogP contribution is -2.48. The number of alkyl carbamates (subject to hydrolysis) is 1. The molecule has 3 amide bonds. The Morgan fingerprint density at radius 1 is 0.610 bits per heavy atom. The maximum atomic E-state index is 12.8. The summed E-state index contributed by atoms with van der Waals surface area (Å²) < 4.78 is 35.5. The van der Waals surface area contributed by atoms with Gasteiger partial charge in [0.05, 0.1) is 38.4 Å². The summed E-state index contributed by atoms with van der Waals surface area (Å²) in [6.07, 6.45) is 0.842. The fraction of sp³-hybridized carbons (Fsp3) is 0.811. The molecule has 22 heteroatoms. The molecule has 342 valence electrons. The Kier molecular flexibility index (Phi) is 25.9. The molecular weight excluding hydrogens is 976 g/mol. The first-order chi connectivity index (χ1) is 27.1. The Morgan fingerprint density at radius 2 is 1.07 bits per heavy atom. The minimum atomic E-state index is -1.38. The smallest absolute Gasteiger partial charge is 0.408 e. The highest BCUT2D eigenvalue weighted by Crippen LogP contribution is 2.28.